The third-order valence-electron chi connectivity index (χ3n) is 6.99. The molecule has 0 amide bonds. The Balaban J connectivity index is 1.67. The van der Waals surface area contributed by atoms with E-state index >= 15 is 0 Å². The molecule has 9 nitrogen and oxygen atoms in total. The Bertz CT molecular complexity index is 1560. The highest BCUT2D eigenvalue weighted by Crippen LogP contribution is 2.31. The minimum absolute atomic E-state index is 0.0146. The van der Waals surface area contributed by atoms with E-state index in [0.717, 1.165) is 27.5 Å². The minimum atomic E-state index is -3.70. The van der Waals surface area contributed by atoms with Crippen LogP contribution in [0.5, 0.6) is 0 Å². The van der Waals surface area contributed by atoms with Gasteiger partial charge in [0.05, 0.1) is 36.8 Å². The van der Waals surface area contributed by atoms with Gasteiger partial charge in [0.1, 0.15) is 0 Å². The summed E-state index contributed by atoms with van der Waals surface area (Å²) in [5, 5.41) is 9.57. The van der Waals surface area contributed by atoms with Crippen molar-refractivity contribution in [3.05, 3.63) is 101 Å². The first-order valence-corrected chi connectivity index (χ1v) is 17.0. The zero-order valence-corrected chi connectivity index (χ0v) is 25.0. The Labute approximate surface area is 243 Å². The Morgan fingerprint density at radius 2 is 1.63 bits per heavy atom. The summed E-state index contributed by atoms with van der Waals surface area (Å²) in [5.74, 6) is 0.0146. The van der Waals surface area contributed by atoms with Crippen LogP contribution in [0.15, 0.2) is 78.9 Å². The Hall–Kier alpha value is -3.27. The van der Waals surface area contributed by atoms with Crippen molar-refractivity contribution in [2.75, 3.05) is 36.5 Å². The molecule has 0 unspecified atom stereocenters. The van der Waals surface area contributed by atoms with E-state index in [1.165, 1.54) is 0 Å². The van der Waals surface area contributed by atoms with Crippen LogP contribution in [0.2, 0.25) is 0 Å². The Morgan fingerprint density at radius 1 is 0.976 bits per heavy atom. The molecular formula is C30H36N4O5S2. The summed E-state index contributed by atoms with van der Waals surface area (Å²) in [4.78, 5) is 7.75. The van der Waals surface area contributed by atoms with Gasteiger partial charge >= 0.3 is 0 Å². The van der Waals surface area contributed by atoms with Crippen LogP contribution in [-0.4, -0.2) is 63.3 Å². The van der Waals surface area contributed by atoms with E-state index < -0.39 is 26.1 Å². The van der Waals surface area contributed by atoms with Crippen LogP contribution in [0.25, 0.3) is 0 Å². The molecule has 41 heavy (non-hydrogen) atoms. The lowest BCUT2D eigenvalue weighted by atomic mass is 10.1. The number of benzene rings is 3. The van der Waals surface area contributed by atoms with Gasteiger partial charge in [-0.25, -0.2) is 16.8 Å². The fourth-order valence-electron chi connectivity index (χ4n) is 5.05. The average Bonchev–Trinajstić information content (AvgIpc) is 3.10. The quantitative estimate of drug-likeness (QED) is 0.292. The number of nitrogens with zero attached hydrogens (tertiary/aromatic N) is 4. The van der Waals surface area contributed by atoms with Gasteiger partial charge in [0.2, 0.25) is 20.0 Å². The van der Waals surface area contributed by atoms with Gasteiger partial charge in [0, 0.05) is 31.4 Å². The normalized spacial score (nSPS) is 16.2. The van der Waals surface area contributed by atoms with Gasteiger partial charge < -0.3 is 4.90 Å². The summed E-state index contributed by atoms with van der Waals surface area (Å²) in [6.07, 6.45) is 2.07. The second kappa shape index (κ2) is 13.6. The van der Waals surface area contributed by atoms with Crippen molar-refractivity contribution >= 4 is 25.7 Å². The van der Waals surface area contributed by atoms with Crippen LogP contribution in [0.4, 0.5) is 5.69 Å². The number of hydrogen-bond acceptors (Lipinski definition) is 7. The van der Waals surface area contributed by atoms with Crippen molar-refractivity contribution in [2.24, 2.45) is 0 Å². The molecule has 0 N–H and O–H groups in total. The Morgan fingerprint density at radius 3 is 2.24 bits per heavy atom. The first-order chi connectivity index (χ1) is 19.6. The van der Waals surface area contributed by atoms with E-state index in [-0.39, 0.29) is 32.0 Å². The van der Waals surface area contributed by atoms with Crippen molar-refractivity contribution in [3.63, 3.8) is 0 Å². The summed E-state index contributed by atoms with van der Waals surface area (Å²) in [5.41, 5.74) is 3.75. The van der Waals surface area contributed by atoms with Gasteiger partial charge in [-0.3, -0.25) is 4.84 Å². The topological polar surface area (TPSA) is 111 Å². The fourth-order valence-corrected chi connectivity index (χ4v) is 7.38. The van der Waals surface area contributed by atoms with Crippen molar-refractivity contribution in [3.8, 4) is 6.07 Å². The number of rotatable bonds is 12. The number of sulfonamides is 2. The largest absolute Gasteiger partial charge is 0.368 e. The van der Waals surface area contributed by atoms with Gasteiger partial charge in [-0.2, -0.15) is 9.57 Å². The Kier molecular flexibility index (Phi) is 10.2. The van der Waals surface area contributed by atoms with E-state index in [4.69, 9.17) is 4.84 Å². The minimum Gasteiger partial charge on any atom is -0.368 e. The molecule has 0 saturated carbocycles. The van der Waals surface area contributed by atoms with Gasteiger partial charge in [0.25, 0.3) is 0 Å². The summed E-state index contributed by atoms with van der Waals surface area (Å²) in [6, 6.07) is 26.0. The summed E-state index contributed by atoms with van der Waals surface area (Å²) in [6.45, 7) is 2.69. The number of nitriles is 1. The number of anilines is 1. The zero-order chi connectivity index (χ0) is 29.5. The molecule has 0 aromatic heterocycles. The van der Waals surface area contributed by atoms with Gasteiger partial charge in [0.15, 0.2) is 0 Å². The monoisotopic (exact) mass is 596 g/mol. The second-order valence-corrected chi connectivity index (χ2v) is 14.1. The van der Waals surface area contributed by atoms with E-state index in [9.17, 15) is 22.1 Å². The molecule has 3 aromatic rings. The maximum absolute atomic E-state index is 13.6. The summed E-state index contributed by atoms with van der Waals surface area (Å²) in [7, 11) is -7.31. The molecule has 0 bridgehead atoms. The third-order valence-corrected chi connectivity index (χ3v) is 10.1. The molecule has 0 aliphatic carbocycles. The van der Waals surface area contributed by atoms with Crippen molar-refractivity contribution in [1.82, 2.24) is 8.77 Å². The van der Waals surface area contributed by atoms with E-state index in [0.29, 0.717) is 30.5 Å². The average molecular weight is 597 g/mol. The maximum Gasteiger partial charge on any atom is 0.233 e. The number of hydroxylamine groups is 1. The molecule has 1 heterocycles. The molecule has 1 aliphatic heterocycles. The van der Waals surface area contributed by atoms with Gasteiger partial charge in [-0.15, -0.1) is 0 Å². The maximum atomic E-state index is 13.6. The second-order valence-electron chi connectivity index (χ2n) is 10.2. The summed E-state index contributed by atoms with van der Waals surface area (Å²) >= 11 is 0. The molecule has 1 atom stereocenters. The smallest absolute Gasteiger partial charge is 0.233 e. The first kappa shape index (κ1) is 30.7. The van der Waals surface area contributed by atoms with Crippen LogP contribution >= 0.6 is 0 Å². The highest BCUT2D eigenvalue weighted by Gasteiger charge is 2.35. The van der Waals surface area contributed by atoms with Crippen molar-refractivity contribution < 1.29 is 21.7 Å². The lowest BCUT2D eigenvalue weighted by molar-refractivity contribution is -0.0936. The van der Waals surface area contributed by atoms with E-state index in [1.807, 2.05) is 78.6 Å². The zero-order valence-electron chi connectivity index (χ0n) is 23.4. The molecule has 3 aromatic carbocycles. The molecule has 0 saturated heterocycles. The SMILES string of the molecule is CCCS(=O)(=O)N1Cc2cc(C#N)ccc2N(CCN(OCc2ccccc2)S(C)(=O)=O)C[C@H]1Cc1ccccc1. The van der Waals surface area contributed by atoms with E-state index in [1.54, 1.807) is 16.4 Å². The van der Waals surface area contributed by atoms with Crippen molar-refractivity contribution in [2.45, 2.75) is 39.0 Å². The fraction of sp³-hybridized carbons (Fsp3) is 0.367. The highest BCUT2D eigenvalue weighted by atomic mass is 32.2. The van der Waals surface area contributed by atoms with Crippen LogP contribution in [0.1, 0.15) is 35.6 Å². The van der Waals surface area contributed by atoms with Crippen molar-refractivity contribution in [1.29, 1.82) is 5.26 Å². The molecule has 0 radical (unpaired) electrons. The lowest BCUT2D eigenvalue weighted by Gasteiger charge is -2.33. The standard InChI is InChI=1S/C30H36N4O5S2/c1-3-18-41(37,38)33-22-28-19-27(21-31)14-15-30(28)32(23-29(33)20-25-10-6-4-7-11-25)16-17-34(40(2,35)36)39-24-26-12-8-5-9-13-26/h4-15,19,29H,3,16-18,20,22-24H2,1-2H3/t29-/m1/s1. The molecule has 0 fully saturated rings. The lowest BCUT2D eigenvalue weighted by Crippen LogP contribution is -2.48. The highest BCUT2D eigenvalue weighted by molar-refractivity contribution is 7.89. The molecular weight excluding hydrogens is 560 g/mol. The molecule has 1 aliphatic rings. The summed E-state index contributed by atoms with van der Waals surface area (Å²) < 4.78 is 55.0. The van der Waals surface area contributed by atoms with Crippen LogP contribution in [0, 0.1) is 11.3 Å². The van der Waals surface area contributed by atoms with Crippen LogP contribution in [0.3, 0.4) is 0 Å². The van der Waals surface area contributed by atoms with E-state index in [2.05, 4.69) is 6.07 Å². The molecule has 218 valence electrons. The number of hydrogen-bond donors (Lipinski definition) is 0. The predicted octanol–water partition coefficient (Wildman–Crippen LogP) is 3.92. The molecule has 4 rings (SSSR count). The molecule has 11 heteroatoms. The third kappa shape index (κ3) is 8.15. The number of fused-ring (bicyclic) bond motifs is 1. The first-order valence-electron chi connectivity index (χ1n) is 13.6. The van der Waals surface area contributed by atoms with Gasteiger partial charge in [-0.1, -0.05) is 72.1 Å². The molecule has 0 spiro atoms. The van der Waals surface area contributed by atoms with Crippen LogP contribution in [-0.2, 0) is 44.5 Å². The van der Waals surface area contributed by atoms with Gasteiger partial charge in [-0.05, 0) is 47.7 Å². The van der Waals surface area contributed by atoms with Crippen LogP contribution < -0.4 is 4.90 Å². The predicted molar refractivity (Wildman–Crippen MR) is 160 cm³/mol.